The molecule has 9 nitrogen and oxygen atoms in total. The summed E-state index contributed by atoms with van der Waals surface area (Å²) >= 11 is 1.42. The fraction of sp³-hybridized carbons (Fsp3) is 0.542. The van der Waals surface area contributed by atoms with Gasteiger partial charge in [0.15, 0.2) is 11.8 Å². The van der Waals surface area contributed by atoms with E-state index in [0.717, 1.165) is 36.0 Å². The average Bonchev–Trinajstić information content (AvgIpc) is 3.53. The molecular weight excluding hydrogens is 482 g/mol. The molecule has 0 spiro atoms. The van der Waals surface area contributed by atoms with E-state index >= 15 is 4.39 Å². The van der Waals surface area contributed by atoms with Crippen molar-refractivity contribution in [3.63, 3.8) is 0 Å². The third-order valence-electron chi connectivity index (χ3n) is 7.32. The SMILES string of the molecule is COCOc1cc(-c2cnn(C)c2)ccc1-c1nnc(N(C)[C@@H]2CC3CCCC([C@@H]2F)N3B(C)O)s1. The topological polar surface area (TPSA) is 88.8 Å². The van der Waals surface area contributed by atoms with Crippen molar-refractivity contribution in [2.24, 2.45) is 7.05 Å². The van der Waals surface area contributed by atoms with Crippen LogP contribution in [-0.4, -0.2) is 82.1 Å². The van der Waals surface area contributed by atoms with Gasteiger partial charge in [-0.3, -0.25) is 4.68 Å². The number of anilines is 1. The Kier molecular flexibility index (Phi) is 7.29. The quantitative estimate of drug-likeness (QED) is 0.361. The highest BCUT2D eigenvalue weighted by Crippen LogP contribution is 2.41. The minimum Gasteiger partial charge on any atom is -0.467 e. The zero-order valence-electron chi connectivity index (χ0n) is 21.0. The highest BCUT2D eigenvalue weighted by atomic mass is 32.1. The first-order chi connectivity index (χ1) is 17.4. The standard InChI is InChI=1S/C24H32BFN6O3S/c1-25(33)32-17-6-5-7-19(32)22(26)20(11-17)31(3)24-29-28-23(36-24)18-9-8-15(10-21(18)35-14-34-4)16-12-27-30(2)13-16/h8-10,12-13,17,19-20,22,33H,5-7,11,14H2,1-4H3/t17?,19?,20-,22+/m1/s1. The Hall–Kier alpha value is -2.54. The molecule has 192 valence electrons. The van der Waals surface area contributed by atoms with Crippen LogP contribution in [0, 0.1) is 0 Å². The maximum atomic E-state index is 15.7. The lowest BCUT2D eigenvalue weighted by Gasteiger charge is -2.52. The van der Waals surface area contributed by atoms with Gasteiger partial charge in [-0.2, -0.15) is 5.10 Å². The van der Waals surface area contributed by atoms with E-state index in [1.807, 2.05) is 48.2 Å². The van der Waals surface area contributed by atoms with Crippen molar-refractivity contribution in [2.45, 2.75) is 56.8 Å². The molecule has 0 amide bonds. The van der Waals surface area contributed by atoms with Crippen LogP contribution < -0.4 is 9.64 Å². The van der Waals surface area contributed by atoms with Crippen LogP contribution in [0.4, 0.5) is 9.52 Å². The number of rotatable bonds is 8. The second-order valence-corrected chi connectivity index (χ2v) is 10.6. The highest BCUT2D eigenvalue weighted by Gasteiger charge is 2.49. The fourth-order valence-electron chi connectivity index (χ4n) is 5.61. The summed E-state index contributed by atoms with van der Waals surface area (Å²) in [4.78, 5) is 3.89. The Balaban J connectivity index is 1.40. The summed E-state index contributed by atoms with van der Waals surface area (Å²) in [6.45, 7) is 1.84. The maximum Gasteiger partial charge on any atom is 0.376 e. The first kappa shape index (κ1) is 25.1. The van der Waals surface area contributed by atoms with E-state index in [2.05, 4.69) is 15.3 Å². The van der Waals surface area contributed by atoms with Crippen molar-refractivity contribution >= 4 is 23.5 Å². The second-order valence-electron chi connectivity index (χ2n) is 9.64. The average molecular weight is 514 g/mol. The minimum atomic E-state index is -1.08. The molecule has 0 radical (unpaired) electrons. The molecule has 5 rings (SSSR count). The van der Waals surface area contributed by atoms with Gasteiger partial charge in [-0.05, 0) is 43.8 Å². The predicted molar refractivity (Wildman–Crippen MR) is 139 cm³/mol. The Morgan fingerprint density at radius 3 is 2.83 bits per heavy atom. The monoisotopic (exact) mass is 514 g/mol. The van der Waals surface area contributed by atoms with Crippen LogP contribution in [0.3, 0.4) is 0 Å². The molecule has 2 fully saturated rings. The van der Waals surface area contributed by atoms with Crippen LogP contribution in [0.25, 0.3) is 21.7 Å². The van der Waals surface area contributed by atoms with E-state index in [1.165, 1.54) is 11.3 Å². The van der Waals surface area contributed by atoms with Gasteiger partial charge in [0.2, 0.25) is 5.13 Å². The molecule has 2 aliphatic rings. The smallest absolute Gasteiger partial charge is 0.376 e. The molecule has 2 bridgehead atoms. The molecule has 0 aliphatic carbocycles. The van der Waals surface area contributed by atoms with E-state index < -0.39 is 13.2 Å². The molecule has 1 N–H and O–H groups in total. The summed E-state index contributed by atoms with van der Waals surface area (Å²) in [6.07, 6.45) is 6.06. The molecule has 2 aliphatic heterocycles. The Labute approximate surface area is 215 Å². The summed E-state index contributed by atoms with van der Waals surface area (Å²) in [5.41, 5.74) is 2.75. The molecule has 3 aromatic rings. The third-order valence-corrected chi connectivity index (χ3v) is 8.37. The van der Waals surface area contributed by atoms with Crippen LogP contribution in [-0.2, 0) is 11.8 Å². The van der Waals surface area contributed by atoms with E-state index in [0.29, 0.717) is 22.3 Å². The number of ether oxygens (including phenoxy) is 2. The van der Waals surface area contributed by atoms with E-state index in [9.17, 15) is 5.02 Å². The van der Waals surface area contributed by atoms with Crippen LogP contribution >= 0.6 is 11.3 Å². The Bertz CT molecular complexity index is 1190. The number of hydrogen-bond acceptors (Lipinski definition) is 9. The Morgan fingerprint density at radius 1 is 1.28 bits per heavy atom. The van der Waals surface area contributed by atoms with Crippen LogP contribution in [0.15, 0.2) is 30.6 Å². The number of piperidine rings is 2. The largest absolute Gasteiger partial charge is 0.467 e. The summed E-state index contributed by atoms with van der Waals surface area (Å²) in [5.74, 6) is 0.631. The number of alkyl halides is 1. The lowest BCUT2D eigenvalue weighted by molar-refractivity contribution is 0.0204. The molecule has 4 heterocycles. The minimum absolute atomic E-state index is 0.100. The van der Waals surface area contributed by atoms with Crippen molar-refractivity contribution in [3.05, 3.63) is 30.6 Å². The molecule has 2 unspecified atom stereocenters. The molecule has 0 saturated carbocycles. The second kappa shape index (κ2) is 10.4. The first-order valence-corrected chi connectivity index (χ1v) is 13.1. The van der Waals surface area contributed by atoms with Gasteiger partial charge in [-0.1, -0.05) is 23.8 Å². The van der Waals surface area contributed by atoms with E-state index in [4.69, 9.17) is 9.47 Å². The fourth-order valence-corrected chi connectivity index (χ4v) is 6.51. The molecule has 1 aromatic carbocycles. The van der Waals surface area contributed by atoms with Gasteiger partial charge in [0.1, 0.15) is 11.9 Å². The highest BCUT2D eigenvalue weighted by molar-refractivity contribution is 7.18. The van der Waals surface area contributed by atoms with Gasteiger partial charge in [-0.15, -0.1) is 10.2 Å². The number of hydrogen-bond donors (Lipinski definition) is 1. The molecular formula is C24H32BFN6O3S. The van der Waals surface area contributed by atoms with Crippen LogP contribution in [0.5, 0.6) is 5.75 Å². The van der Waals surface area contributed by atoms with Crippen molar-refractivity contribution in [2.75, 3.05) is 25.9 Å². The van der Waals surface area contributed by atoms with Crippen molar-refractivity contribution in [1.82, 2.24) is 24.8 Å². The van der Waals surface area contributed by atoms with Gasteiger partial charge < -0.3 is 24.2 Å². The van der Waals surface area contributed by atoms with Gasteiger partial charge in [0.05, 0.1) is 17.8 Å². The first-order valence-electron chi connectivity index (χ1n) is 12.3. The number of aryl methyl sites for hydroxylation is 1. The van der Waals surface area contributed by atoms with Crippen molar-refractivity contribution in [1.29, 1.82) is 0 Å². The predicted octanol–water partition coefficient (Wildman–Crippen LogP) is 3.47. The normalized spacial score (nSPS) is 24.1. The molecule has 2 aromatic heterocycles. The molecule has 2 saturated heterocycles. The van der Waals surface area contributed by atoms with Crippen LogP contribution in [0.1, 0.15) is 25.7 Å². The van der Waals surface area contributed by atoms with Gasteiger partial charge in [-0.25, -0.2) is 4.39 Å². The molecule has 36 heavy (non-hydrogen) atoms. The van der Waals surface area contributed by atoms with Crippen LogP contribution in [0.2, 0.25) is 6.82 Å². The third kappa shape index (κ3) is 4.74. The lowest BCUT2D eigenvalue weighted by atomic mass is 9.70. The molecule has 12 heteroatoms. The Morgan fingerprint density at radius 2 is 2.11 bits per heavy atom. The van der Waals surface area contributed by atoms with Gasteiger partial charge >= 0.3 is 7.05 Å². The van der Waals surface area contributed by atoms with Gasteiger partial charge in [0, 0.05) is 45.0 Å². The van der Waals surface area contributed by atoms with E-state index in [1.54, 1.807) is 24.8 Å². The van der Waals surface area contributed by atoms with Gasteiger partial charge in [0.25, 0.3) is 0 Å². The number of methoxy groups -OCH3 is 1. The lowest BCUT2D eigenvalue weighted by Crippen LogP contribution is -2.66. The van der Waals surface area contributed by atoms with E-state index in [-0.39, 0.29) is 24.9 Å². The van der Waals surface area contributed by atoms with Crippen molar-refractivity contribution < 1.29 is 18.9 Å². The number of halogens is 1. The summed E-state index contributed by atoms with van der Waals surface area (Å²) in [6, 6.07) is 5.49. The molecule has 4 atom stereocenters. The number of nitrogens with zero attached hydrogens (tertiary/aromatic N) is 6. The number of aromatic nitrogens is 4. The summed E-state index contributed by atoms with van der Waals surface area (Å²) in [5, 5.41) is 24.7. The summed E-state index contributed by atoms with van der Waals surface area (Å²) < 4.78 is 28.5. The summed E-state index contributed by atoms with van der Waals surface area (Å²) in [7, 11) is 4.71. The maximum absolute atomic E-state index is 15.7. The zero-order chi connectivity index (χ0) is 25.4. The number of fused-ring (bicyclic) bond motifs is 2. The number of benzene rings is 1. The zero-order valence-corrected chi connectivity index (χ0v) is 21.9. The van der Waals surface area contributed by atoms with Crippen molar-refractivity contribution in [3.8, 4) is 27.4 Å².